The minimum atomic E-state index is -0.853. The molecule has 1 aromatic rings. The Morgan fingerprint density at radius 1 is 1.91 bits per heavy atom. The topological polar surface area (TPSA) is 55.1 Å². The normalized spacial score (nSPS) is 9.45. The Hall–Kier alpha value is -1.58. The number of hydrogen-bond donors (Lipinski definition) is 1. The van der Waals surface area contributed by atoms with Crippen molar-refractivity contribution >= 4 is 12.2 Å². The lowest BCUT2D eigenvalue weighted by atomic mass is 10.3. The highest BCUT2D eigenvalue weighted by atomic mass is 16.4. The molecule has 0 amide bonds. The maximum atomic E-state index is 10.2. The average Bonchev–Trinajstić information content (AvgIpc) is 2.34. The van der Waals surface area contributed by atoms with E-state index in [9.17, 15) is 4.79 Å². The van der Waals surface area contributed by atoms with E-state index in [4.69, 9.17) is 5.11 Å². The number of rotatable bonds is 3. The molecule has 1 aromatic heterocycles. The van der Waals surface area contributed by atoms with E-state index in [1.807, 2.05) is 0 Å². The van der Waals surface area contributed by atoms with Gasteiger partial charge in [0, 0.05) is 18.0 Å². The fourth-order valence-electron chi connectivity index (χ4n) is 0.743. The first-order chi connectivity index (χ1) is 5.22. The van der Waals surface area contributed by atoms with E-state index in [0.29, 0.717) is 5.56 Å². The van der Waals surface area contributed by atoms with Crippen LogP contribution >= 0.6 is 0 Å². The summed E-state index contributed by atoms with van der Waals surface area (Å²) in [6, 6.07) is 0. The maximum Gasteiger partial charge on any atom is 0.307 e. The number of nitrogens with zero attached hydrogens (tertiary/aromatic N) is 2. The van der Waals surface area contributed by atoms with Crippen molar-refractivity contribution < 1.29 is 9.90 Å². The molecule has 1 rings (SSSR count). The molecule has 0 spiro atoms. The summed E-state index contributed by atoms with van der Waals surface area (Å²) in [7, 11) is 0. The Balaban J connectivity index is 2.72. The molecule has 0 fully saturated rings. The van der Waals surface area contributed by atoms with Crippen LogP contribution in [0.3, 0.4) is 0 Å². The van der Waals surface area contributed by atoms with Gasteiger partial charge in [-0.3, -0.25) is 4.79 Å². The van der Waals surface area contributed by atoms with Crippen LogP contribution in [0.5, 0.6) is 0 Å². The van der Waals surface area contributed by atoms with Crippen LogP contribution in [-0.4, -0.2) is 20.9 Å². The smallest absolute Gasteiger partial charge is 0.307 e. The molecule has 4 nitrogen and oxygen atoms in total. The highest BCUT2D eigenvalue weighted by molar-refractivity contribution is 5.69. The zero-order valence-corrected chi connectivity index (χ0v) is 5.90. The molecule has 0 atom stereocenters. The van der Waals surface area contributed by atoms with Crippen LogP contribution in [0.1, 0.15) is 5.56 Å². The van der Waals surface area contributed by atoms with Gasteiger partial charge < -0.3 is 5.11 Å². The molecule has 4 heteroatoms. The van der Waals surface area contributed by atoms with E-state index in [1.54, 1.807) is 6.20 Å². The first-order valence-corrected chi connectivity index (χ1v) is 3.10. The Morgan fingerprint density at radius 2 is 2.64 bits per heavy atom. The Bertz CT molecular complexity index is 278. The van der Waals surface area contributed by atoms with Crippen molar-refractivity contribution in [1.29, 1.82) is 0 Å². The van der Waals surface area contributed by atoms with Crippen LogP contribution in [0.15, 0.2) is 19.0 Å². The minimum Gasteiger partial charge on any atom is -0.481 e. The fourth-order valence-corrected chi connectivity index (χ4v) is 0.743. The standard InChI is InChI=1S/C7H8N2O2/c1-2-9-5-6(4-8-9)3-7(10)11/h2,4-5H,1,3H2,(H,10,11). The second-order valence-corrected chi connectivity index (χ2v) is 2.08. The van der Waals surface area contributed by atoms with Crippen molar-refractivity contribution in [2.75, 3.05) is 0 Å². The largest absolute Gasteiger partial charge is 0.481 e. The van der Waals surface area contributed by atoms with Gasteiger partial charge >= 0.3 is 5.97 Å². The number of aromatic nitrogens is 2. The van der Waals surface area contributed by atoms with Crippen LogP contribution in [-0.2, 0) is 11.2 Å². The predicted octanol–water partition coefficient (Wildman–Crippen LogP) is 0.611. The van der Waals surface area contributed by atoms with Crippen molar-refractivity contribution in [3.05, 3.63) is 24.5 Å². The van der Waals surface area contributed by atoms with Crippen molar-refractivity contribution in [2.24, 2.45) is 0 Å². The third-order valence-corrected chi connectivity index (χ3v) is 1.20. The lowest BCUT2D eigenvalue weighted by molar-refractivity contribution is -0.136. The molecular formula is C7H8N2O2. The highest BCUT2D eigenvalue weighted by Gasteiger charge is 2.01. The van der Waals surface area contributed by atoms with Crippen LogP contribution in [0, 0.1) is 0 Å². The summed E-state index contributed by atoms with van der Waals surface area (Å²) >= 11 is 0. The first kappa shape index (κ1) is 7.53. The molecule has 0 saturated heterocycles. The monoisotopic (exact) mass is 152 g/mol. The molecule has 58 valence electrons. The summed E-state index contributed by atoms with van der Waals surface area (Å²) < 4.78 is 1.47. The lowest BCUT2D eigenvalue weighted by Gasteiger charge is -1.86. The average molecular weight is 152 g/mol. The van der Waals surface area contributed by atoms with Crippen molar-refractivity contribution in [1.82, 2.24) is 9.78 Å². The molecule has 0 aliphatic carbocycles. The van der Waals surface area contributed by atoms with Crippen LogP contribution < -0.4 is 0 Å². The Kier molecular flexibility index (Phi) is 2.06. The van der Waals surface area contributed by atoms with Crippen LogP contribution in [0.4, 0.5) is 0 Å². The number of carboxylic acid groups (broad SMARTS) is 1. The molecule has 0 bridgehead atoms. The Labute approximate surface area is 63.8 Å². The van der Waals surface area contributed by atoms with E-state index in [1.165, 1.54) is 17.1 Å². The number of aliphatic carboxylic acids is 1. The quantitative estimate of drug-likeness (QED) is 0.690. The van der Waals surface area contributed by atoms with Gasteiger partial charge in [-0.05, 0) is 0 Å². The molecule has 0 radical (unpaired) electrons. The molecule has 1 heterocycles. The van der Waals surface area contributed by atoms with E-state index >= 15 is 0 Å². The molecule has 0 unspecified atom stereocenters. The predicted molar refractivity (Wildman–Crippen MR) is 40.0 cm³/mol. The molecular weight excluding hydrogens is 144 g/mol. The molecule has 0 aliphatic heterocycles. The van der Waals surface area contributed by atoms with Gasteiger partial charge in [0.2, 0.25) is 0 Å². The van der Waals surface area contributed by atoms with Gasteiger partial charge in [-0.2, -0.15) is 5.10 Å². The number of carbonyl (C=O) groups is 1. The van der Waals surface area contributed by atoms with E-state index in [0.717, 1.165) is 0 Å². The van der Waals surface area contributed by atoms with Gasteiger partial charge in [-0.15, -0.1) is 0 Å². The summed E-state index contributed by atoms with van der Waals surface area (Å²) in [5.41, 5.74) is 0.678. The summed E-state index contributed by atoms with van der Waals surface area (Å²) in [5.74, 6) is -0.853. The highest BCUT2D eigenvalue weighted by Crippen LogP contribution is 1.98. The fraction of sp³-hybridized carbons (Fsp3) is 0.143. The van der Waals surface area contributed by atoms with Gasteiger partial charge in [0.15, 0.2) is 0 Å². The van der Waals surface area contributed by atoms with Gasteiger partial charge in [-0.1, -0.05) is 6.58 Å². The first-order valence-electron chi connectivity index (χ1n) is 3.10. The summed E-state index contributed by atoms with van der Waals surface area (Å²) in [4.78, 5) is 10.2. The minimum absolute atomic E-state index is 0.00778. The molecule has 11 heavy (non-hydrogen) atoms. The van der Waals surface area contributed by atoms with Crippen LogP contribution in [0.2, 0.25) is 0 Å². The summed E-state index contributed by atoms with van der Waals surface area (Å²) in [5, 5.41) is 12.2. The van der Waals surface area contributed by atoms with Gasteiger partial charge in [0.1, 0.15) is 0 Å². The lowest BCUT2D eigenvalue weighted by Crippen LogP contribution is -1.98. The van der Waals surface area contributed by atoms with Crippen molar-refractivity contribution in [3.63, 3.8) is 0 Å². The second kappa shape index (κ2) is 3.01. The second-order valence-electron chi connectivity index (χ2n) is 2.08. The van der Waals surface area contributed by atoms with Gasteiger partial charge in [-0.25, -0.2) is 4.68 Å². The van der Waals surface area contributed by atoms with Crippen molar-refractivity contribution in [2.45, 2.75) is 6.42 Å². The molecule has 0 aromatic carbocycles. The van der Waals surface area contributed by atoms with Gasteiger partial charge in [0.25, 0.3) is 0 Å². The van der Waals surface area contributed by atoms with E-state index in [-0.39, 0.29) is 6.42 Å². The van der Waals surface area contributed by atoms with Crippen LogP contribution in [0.25, 0.3) is 6.20 Å². The van der Waals surface area contributed by atoms with E-state index in [2.05, 4.69) is 11.7 Å². The molecule has 0 saturated carbocycles. The van der Waals surface area contributed by atoms with Gasteiger partial charge in [0.05, 0.1) is 12.6 Å². The van der Waals surface area contributed by atoms with E-state index < -0.39 is 5.97 Å². The number of carboxylic acids is 1. The maximum absolute atomic E-state index is 10.2. The molecule has 1 N–H and O–H groups in total. The molecule has 0 aliphatic rings. The van der Waals surface area contributed by atoms with Crippen molar-refractivity contribution in [3.8, 4) is 0 Å². The Morgan fingerprint density at radius 3 is 3.09 bits per heavy atom. The summed E-state index contributed by atoms with van der Waals surface area (Å²) in [6.07, 6.45) is 4.65. The zero-order chi connectivity index (χ0) is 8.27. The zero-order valence-electron chi connectivity index (χ0n) is 5.90. The third-order valence-electron chi connectivity index (χ3n) is 1.20. The third kappa shape index (κ3) is 1.93. The SMILES string of the molecule is C=Cn1cc(CC(=O)O)cn1. The number of hydrogen-bond acceptors (Lipinski definition) is 2. The summed E-state index contributed by atoms with van der Waals surface area (Å²) in [6.45, 7) is 3.48.